The predicted octanol–water partition coefficient (Wildman–Crippen LogP) is 4.37. The van der Waals surface area contributed by atoms with Crippen molar-refractivity contribution in [2.75, 3.05) is 18.0 Å². The molecule has 1 aromatic carbocycles. The van der Waals surface area contributed by atoms with Gasteiger partial charge in [-0.2, -0.15) is 0 Å². The summed E-state index contributed by atoms with van der Waals surface area (Å²) in [5.41, 5.74) is 4.37. The number of aryl methyl sites for hydroxylation is 1. The van der Waals surface area contributed by atoms with Crippen LogP contribution in [0.25, 0.3) is 0 Å². The monoisotopic (exact) mass is 288 g/mol. The van der Waals surface area contributed by atoms with E-state index in [0.29, 0.717) is 0 Å². The van der Waals surface area contributed by atoms with Crippen LogP contribution in [0.5, 0.6) is 0 Å². The highest BCUT2D eigenvalue weighted by molar-refractivity contribution is 5.51. The smallest absolute Gasteiger partial charge is 0.0369 e. The summed E-state index contributed by atoms with van der Waals surface area (Å²) in [4.78, 5) is 2.55. The van der Waals surface area contributed by atoms with Crippen LogP contribution in [0.15, 0.2) is 18.2 Å². The molecule has 0 radical (unpaired) electrons. The average Bonchev–Trinajstić information content (AvgIpc) is 2.39. The molecule has 0 aliphatic carbocycles. The molecule has 21 heavy (non-hydrogen) atoms. The largest absolute Gasteiger partial charge is 0.371 e. The maximum absolute atomic E-state index is 3.58. The fourth-order valence-corrected chi connectivity index (χ4v) is 2.93. The normalized spacial score (nSPS) is 23.4. The van der Waals surface area contributed by atoms with E-state index >= 15 is 0 Å². The number of piperidine rings is 1. The Hall–Kier alpha value is -1.02. The molecular formula is C19H32N2. The van der Waals surface area contributed by atoms with Gasteiger partial charge in [-0.1, -0.05) is 19.9 Å². The van der Waals surface area contributed by atoms with Gasteiger partial charge in [0.2, 0.25) is 0 Å². The third-order valence-electron chi connectivity index (χ3n) is 4.83. The van der Waals surface area contributed by atoms with E-state index in [1.165, 1.54) is 36.3 Å². The van der Waals surface area contributed by atoms with Crippen molar-refractivity contribution in [1.82, 2.24) is 5.32 Å². The number of rotatable bonds is 3. The molecule has 0 aromatic heterocycles. The molecule has 2 atom stereocenters. The Morgan fingerprint density at radius 3 is 2.48 bits per heavy atom. The first kappa shape index (κ1) is 16.4. The van der Waals surface area contributed by atoms with Gasteiger partial charge >= 0.3 is 0 Å². The minimum atomic E-state index is 0.170. The molecule has 118 valence electrons. The van der Waals surface area contributed by atoms with Gasteiger partial charge in [0.1, 0.15) is 0 Å². The molecule has 2 rings (SSSR count). The molecule has 1 fully saturated rings. The zero-order chi connectivity index (χ0) is 15.6. The van der Waals surface area contributed by atoms with Crippen molar-refractivity contribution in [1.29, 1.82) is 0 Å². The van der Waals surface area contributed by atoms with Gasteiger partial charge in [0.05, 0.1) is 0 Å². The molecule has 1 aliphatic rings. The molecule has 1 N–H and O–H groups in total. The lowest BCUT2D eigenvalue weighted by atomic mass is 9.88. The minimum Gasteiger partial charge on any atom is -0.371 e. The van der Waals surface area contributed by atoms with E-state index in [0.717, 1.165) is 18.4 Å². The lowest BCUT2D eigenvalue weighted by Gasteiger charge is -2.37. The summed E-state index contributed by atoms with van der Waals surface area (Å²) in [7, 11) is 0. The Balaban J connectivity index is 2.05. The summed E-state index contributed by atoms with van der Waals surface area (Å²) in [6.45, 7) is 17.0. The Labute approximate surface area is 130 Å². The molecule has 2 unspecified atom stereocenters. The van der Waals surface area contributed by atoms with Crippen molar-refractivity contribution in [3.05, 3.63) is 29.3 Å². The molecule has 1 aliphatic heterocycles. The zero-order valence-electron chi connectivity index (χ0n) is 14.7. The van der Waals surface area contributed by atoms with Crippen LogP contribution in [-0.4, -0.2) is 18.6 Å². The van der Waals surface area contributed by atoms with E-state index < -0.39 is 0 Å². The Morgan fingerprint density at radius 1 is 1.19 bits per heavy atom. The fourth-order valence-electron chi connectivity index (χ4n) is 2.93. The summed E-state index contributed by atoms with van der Waals surface area (Å²) < 4.78 is 0. The second-order valence-electron chi connectivity index (χ2n) is 7.90. The maximum atomic E-state index is 3.58. The lowest BCUT2D eigenvalue weighted by molar-refractivity contribution is 0.324. The van der Waals surface area contributed by atoms with Crippen molar-refractivity contribution >= 4 is 5.69 Å². The van der Waals surface area contributed by atoms with Crippen molar-refractivity contribution < 1.29 is 0 Å². The quantitative estimate of drug-likeness (QED) is 0.888. The molecule has 1 aromatic rings. The van der Waals surface area contributed by atoms with E-state index in [4.69, 9.17) is 0 Å². The second-order valence-corrected chi connectivity index (χ2v) is 7.90. The van der Waals surface area contributed by atoms with E-state index in [2.05, 4.69) is 70.0 Å². The number of nitrogens with zero attached hydrogens (tertiary/aromatic N) is 1. The van der Waals surface area contributed by atoms with Crippen LogP contribution in [0, 0.1) is 18.8 Å². The van der Waals surface area contributed by atoms with Crippen molar-refractivity contribution in [3.8, 4) is 0 Å². The Kier molecular flexibility index (Phi) is 4.98. The van der Waals surface area contributed by atoms with Crippen LogP contribution in [0.4, 0.5) is 5.69 Å². The SMILES string of the molecule is Cc1cc(N2CCC(C)C(C)C2)ccc1CNC(C)(C)C. The number of anilines is 1. The number of benzene rings is 1. The average molecular weight is 288 g/mol. The predicted molar refractivity (Wildman–Crippen MR) is 92.9 cm³/mol. The lowest BCUT2D eigenvalue weighted by Crippen LogP contribution is -2.38. The van der Waals surface area contributed by atoms with Crippen molar-refractivity contribution in [2.24, 2.45) is 11.8 Å². The topological polar surface area (TPSA) is 15.3 Å². The molecule has 0 saturated carbocycles. The summed E-state index contributed by atoms with van der Waals surface area (Å²) in [6.07, 6.45) is 1.31. The third kappa shape index (κ3) is 4.47. The van der Waals surface area contributed by atoms with Gasteiger partial charge in [-0.25, -0.2) is 0 Å². The van der Waals surface area contributed by atoms with Crippen molar-refractivity contribution in [2.45, 2.75) is 60.0 Å². The Morgan fingerprint density at radius 2 is 1.90 bits per heavy atom. The summed E-state index contributed by atoms with van der Waals surface area (Å²) in [5.74, 6) is 1.65. The van der Waals surface area contributed by atoms with Crippen LogP contribution < -0.4 is 10.2 Å². The van der Waals surface area contributed by atoms with Crippen LogP contribution in [0.1, 0.15) is 52.2 Å². The van der Waals surface area contributed by atoms with Gasteiger partial charge in [-0.15, -0.1) is 0 Å². The molecule has 0 spiro atoms. The van der Waals surface area contributed by atoms with Crippen molar-refractivity contribution in [3.63, 3.8) is 0 Å². The highest BCUT2D eigenvalue weighted by atomic mass is 15.1. The highest BCUT2D eigenvalue weighted by Gasteiger charge is 2.23. The number of hydrogen-bond donors (Lipinski definition) is 1. The van der Waals surface area contributed by atoms with Gasteiger partial charge in [-0.3, -0.25) is 0 Å². The molecule has 0 amide bonds. The van der Waals surface area contributed by atoms with Gasteiger partial charge in [0, 0.05) is 30.9 Å². The van der Waals surface area contributed by atoms with Gasteiger partial charge in [-0.05, 0) is 69.2 Å². The van der Waals surface area contributed by atoms with Crippen LogP contribution in [-0.2, 0) is 6.54 Å². The van der Waals surface area contributed by atoms with Gasteiger partial charge < -0.3 is 10.2 Å². The van der Waals surface area contributed by atoms with Crippen LogP contribution in [0.2, 0.25) is 0 Å². The first-order chi connectivity index (χ1) is 9.76. The molecule has 1 heterocycles. The molecule has 2 nitrogen and oxygen atoms in total. The third-order valence-corrected chi connectivity index (χ3v) is 4.83. The standard InChI is InChI=1S/C19H32N2/c1-14-9-10-21(13-16(14)3)18-8-7-17(15(2)11-18)12-20-19(4,5)6/h7-8,11,14,16,20H,9-10,12-13H2,1-6H3. The van der Waals surface area contributed by atoms with E-state index in [1.54, 1.807) is 0 Å². The Bertz CT molecular complexity index is 473. The van der Waals surface area contributed by atoms with Crippen LogP contribution >= 0.6 is 0 Å². The second kappa shape index (κ2) is 6.39. The fraction of sp³-hybridized carbons (Fsp3) is 0.684. The highest BCUT2D eigenvalue weighted by Crippen LogP contribution is 2.28. The summed E-state index contributed by atoms with van der Waals surface area (Å²) in [5, 5.41) is 3.58. The number of nitrogens with one attached hydrogen (secondary N) is 1. The van der Waals surface area contributed by atoms with E-state index in [-0.39, 0.29) is 5.54 Å². The molecular weight excluding hydrogens is 256 g/mol. The summed E-state index contributed by atoms with van der Waals surface area (Å²) >= 11 is 0. The summed E-state index contributed by atoms with van der Waals surface area (Å²) in [6, 6.07) is 6.96. The first-order valence-electron chi connectivity index (χ1n) is 8.36. The molecule has 2 heteroatoms. The van der Waals surface area contributed by atoms with Gasteiger partial charge in [0.25, 0.3) is 0 Å². The minimum absolute atomic E-state index is 0.170. The maximum Gasteiger partial charge on any atom is 0.0369 e. The van der Waals surface area contributed by atoms with E-state index in [9.17, 15) is 0 Å². The number of hydrogen-bond acceptors (Lipinski definition) is 2. The van der Waals surface area contributed by atoms with E-state index in [1.807, 2.05) is 0 Å². The van der Waals surface area contributed by atoms with Gasteiger partial charge in [0.15, 0.2) is 0 Å². The van der Waals surface area contributed by atoms with Crippen LogP contribution in [0.3, 0.4) is 0 Å². The molecule has 1 saturated heterocycles. The zero-order valence-corrected chi connectivity index (χ0v) is 14.7. The molecule has 0 bridgehead atoms. The first-order valence-corrected chi connectivity index (χ1v) is 8.36.